The number of carbonyl (C=O) groups is 2. The summed E-state index contributed by atoms with van der Waals surface area (Å²) < 4.78 is 0. The molecule has 2 rings (SSSR count). The maximum atomic E-state index is 12.2. The first-order chi connectivity index (χ1) is 8.49. The van der Waals surface area contributed by atoms with Crippen LogP contribution in [0.3, 0.4) is 0 Å². The van der Waals surface area contributed by atoms with Gasteiger partial charge in [0.1, 0.15) is 0 Å². The van der Waals surface area contributed by atoms with Gasteiger partial charge in [-0.05, 0) is 38.5 Å². The van der Waals surface area contributed by atoms with E-state index in [0.29, 0.717) is 30.2 Å². The largest absolute Gasteiger partial charge is 0.343 e. The highest BCUT2D eigenvalue weighted by molar-refractivity contribution is 5.77. The fraction of sp³-hybridized carbons (Fsp3) is 0.857. The summed E-state index contributed by atoms with van der Waals surface area (Å²) in [6.45, 7) is 8.32. The van der Waals surface area contributed by atoms with Crippen LogP contribution in [0.5, 0.6) is 0 Å². The Hall–Kier alpha value is -1.06. The third-order valence-electron chi connectivity index (χ3n) is 4.46. The summed E-state index contributed by atoms with van der Waals surface area (Å²) in [6, 6.07) is 0.293. The number of piperidine rings is 1. The zero-order valence-electron chi connectivity index (χ0n) is 11.7. The van der Waals surface area contributed by atoms with Gasteiger partial charge in [0.2, 0.25) is 11.8 Å². The molecule has 102 valence electrons. The fourth-order valence-corrected chi connectivity index (χ4v) is 3.28. The van der Waals surface area contributed by atoms with Crippen molar-refractivity contribution in [3.05, 3.63) is 0 Å². The molecule has 2 unspecified atom stereocenters. The molecular weight excluding hydrogens is 228 g/mol. The number of fused-ring (bicyclic) bond motifs is 1. The molecule has 4 heteroatoms. The van der Waals surface area contributed by atoms with Crippen molar-refractivity contribution in [2.24, 2.45) is 11.8 Å². The van der Waals surface area contributed by atoms with Crippen molar-refractivity contribution in [1.82, 2.24) is 9.80 Å². The summed E-state index contributed by atoms with van der Waals surface area (Å²) >= 11 is 0. The molecule has 2 aliphatic rings. The van der Waals surface area contributed by atoms with E-state index in [1.54, 1.807) is 6.92 Å². The minimum absolute atomic E-state index is 0.171. The number of hydrogen-bond acceptors (Lipinski definition) is 2. The number of hydrogen-bond donors (Lipinski definition) is 0. The SMILES string of the molecule is CC(=O)N1CCC2CC(=O)N(C(C)C)CCC2C1. The van der Waals surface area contributed by atoms with Crippen molar-refractivity contribution in [2.45, 2.75) is 46.1 Å². The summed E-state index contributed by atoms with van der Waals surface area (Å²) in [5.74, 6) is 1.46. The molecule has 2 fully saturated rings. The van der Waals surface area contributed by atoms with Gasteiger partial charge in [0, 0.05) is 39.0 Å². The summed E-state index contributed by atoms with van der Waals surface area (Å²) in [4.78, 5) is 27.6. The lowest BCUT2D eigenvalue weighted by Gasteiger charge is -2.36. The normalized spacial score (nSPS) is 29.2. The van der Waals surface area contributed by atoms with Gasteiger partial charge in [-0.2, -0.15) is 0 Å². The number of rotatable bonds is 1. The first-order valence-electron chi connectivity index (χ1n) is 7.04. The smallest absolute Gasteiger partial charge is 0.223 e. The molecule has 0 aromatic heterocycles. The summed E-state index contributed by atoms with van der Waals surface area (Å²) in [6.07, 6.45) is 2.70. The molecule has 0 bridgehead atoms. The van der Waals surface area contributed by atoms with Gasteiger partial charge in [0.25, 0.3) is 0 Å². The van der Waals surface area contributed by atoms with Crippen molar-refractivity contribution >= 4 is 11.8 Å². The Balaban J connectivity index is 2.04. The molecule has 4 nitrogen and oxygen atoms in total. The lowest BCUT2D eigenvalue weighted by Crippen LogP contribution is -2.42. The van der Waals surface area contributed by atoms with Gasteiger partial charge < -0.3 is 9.80 Å². The molecule has 2 amide bonds. The molecule has 2 heterocycles. The molecule has 0 spiro atoms. The minimum atomic E-state index is 0.171. The van der Waals surface area contributed by atoms with Gasteiger partial charge in [-0.1, -0.05) is 0 Å². The van der Waals surface area contributed by atoms with Crippen LogP contribution in [0, 0.1) is 11.8 Å². The summed E-state index contributed by atoms with van der Waals surface area (Å²) in [5, 5.41) is 0. The first kappa shape index (κ1) is 13.4. The Kier molecular flexibility index (Phi) is 3.93. The van der Waals surface area contributed by atoms with E-state index in [4.69, 9.17) is 0 Å². The molecular formula is C14H24N2O2. The first-order valence-corrected chi connectivity index (χ1v) is 7.04. The number of likely N-dealkylation sites (tertiary alicyclic amines) is 2. The van der Waals surface area contributed by atoms with E-state index in [2.05, 4.69) is 13.8 Å². The molecule has 0 saturated carbocycles. The second kappa shape index (κ2) is 5.29. The average molecular weight is 252 g/mol. The van der Waals surface area contributed by atoms with Gasteiger partial charge >= 0.3 is 0 Å². The van der Waals surface area contributed by atoms with E-state index in [9.17, 15) is 9.59 Å². The van der Waals surface area contributed by atoms with Crippen molar-refractivity contribution in [1.29, 1.82) is 0 Å². The molecule has 2 saturated heterocycles. The van der Waals surface area contributed by atoms with Gasteiger partial charge in [-0.25, -0.2) is 0 Å². The Labute approximate surface area is 109 Å². The van der Waals surface area contributed by atoms with Crippen LogP contribution in [0.2, 0.25) is 0 Å². The van der Waals surface area contributed by atoms with Crippen LogP contribution in [0.1, 0.15) is 40.0 Å². The van der Waals surface area contributed by atoms with Crippen molar-refractivity contribution < 1.29 is 9.59 Å². The summed E-state index contributed by atoms with van der Waals surface area (Å²) in [7, 11) is 0. The monoisotopic (exact) mass is 252 g/mol. The number of nitrogens with zero attached hydrogens (tertiary/aromatic N) is 2. The highest BCUT2D eigenvalue weighted by Gasteiger charge is 2.36. The van der Waals surface area contributed by atoms with Crippen molar-refractivity contribution in [2.75, 3.05) is 19.6 Å². The van der Waals surface area contributed by atoms with Crippen LogP contribution in [-0.4, -0.2) is 47.3 Å². The average Bonchev–Trinajstić information content (AvgIpc) is 2.46. The Bertz CT molecular complexity index is 341. The van der Waals surface area contributed by atoms with Crippen LogP contribution in [0.25, 0.3) is 0 Å². The molecule has 0 radical (unpaired) electrons. The number of carbonyl (C=O) groups excluding carboxylic acids is 2. The van der Waals surface area contributed by atoms with E-state index in [-0.39, 0.29) is 5.91 Å². The van der Waals surface area contributed by atoms with Crippen LogP contribution < -0.4 is 0 Å². The third kappa shape index (κ3) is 2.68. The number of amides is 2. The van der Waals surface area contributed by atoms with E-state index >= 15 is 0 Å². The highest BCUT2D eigenvalue weighted by atomic mass is 16.2. The van der Waals surface area contributed by atoms with Crippen LogP contribution >= 0.6 is 0 Å². The second-order valence-electron chi connectivity index (χ2n) is 5.95. The molecule has 0 N–H and O–H groups in total. The molecule has 18 heavy (non-hydrogen) atoms. The van der Waals surface area contributed by atoms with E-state index in [1.807, 2.05) is 9.80 Å². The van der Waals surface area contributed by atoms with E-state index in [0.717, 1.165) is 32.5 Å². The quantitative estimate of drug-likeness (QED) is 0.709. The molecule has 2 aliphatic heterocycles. The third-order valence-corrected chi connectivity index (χ3v) is 4.46. The topological polar surface area (TPSA) is 40.6 Å². The van der Waals surface area contributed by atoms with Crippen LogP contribution in [-0.2, 0) is 9.59 Å². The van der Waals surface area contributed by atoms with Gasteiger partial charge in [-0.15, -0.1) is 0 Å². The maximum Gasteiger partial charge on any atom is 0.223 e. The van der Waals surface area contributed by atoms with E-state index in [1.165, 1.54) is 0 Å². The minimum Gasteiger partial charge on any atom is -0.343 e. The lowest BCUT2D eigenvalue weighted by atomic mass is 9.82. The van der Waals surface area contributed by atoms with Crippen LogP contribution in [0.4, 0.5) is 0 Å². The van der Waals surface area contributed by atoms with Gasteiger partial charge in [0.05, 0.1) is 0 Å². The molecule has 0 aliphatic carbocycles. The van der Waals surface area contributed by atoms with Crippen LogP contribution in [0.15, 0.2) is 0 Å². The standard InChI is InChI=1S/C14H24N2O2/c1-10(2)16-7-5-13-9-15(11(3)17)6-4-12(13)8-14(16)18/h10,12-13H,4-9H2,1-3H3. The zero-order chi connectivity index (χ0) is 13.3. The predicted molar refractivity (Wildman–Crippen MR) is 69.9 cm³/mol. The molecule has 2 atom stereocenters. The Morgan fingerprint density at radius 2 is 1.89 bits per heavy atom. The van der Waals surface area contributed by atoms with Crippen molar-refractivity contribution in [3.8, 4) is 0 Å². The van der Waals surface area contributed by atoms with Gasteiger partial charge in [0.15, 0.2) is 0 Å². The molecule has 0 aromatic carbocycles. The van der Waals surface area contributed by atoms with E-state index < -0.39 is 0 Å². The lowest BCUT2D eigenvalue weighted by molar-refractivity contribution is -0.133. The summed E-state index contributed by atoms with van der Waals surface area (Å²) in [5.41, 5.74) is 0. The molecule has 0 aromatic rings. The van der Waals surface area contributed by atoms with Crippen molar-refractivity contribution in [3.63, 3.8) is 0 Å². The Morgan fingerprint density at radius 1 is 1.22 bits per heavy atom. The highest BCUT2D eigenvalue weighted by Crippen LogP contribution is 2.32. The zero-order valence-corrected chi connectivity index (χ0v) is 11.7. The maximum absolute atomic E-state index is 12.2. The van der Waals surface area contributed by atoms with Gasteiger partial charge in [-0.3, -0.25) is 9.59 Å². The fourth-order valence-electron chi connectivity index (χ4n) is 3.28. The Morgan fingerprint density at radius 3 is 2.50 bits per heavy atom. The predicted octanol–water partition coefficient (Wildman–Crippen LogP) is 1.50. The second-order valence-corrected chi connectivity index (χ2v) is 5.95.